The Labute approximate surface area is 92.2 Å². The summed E-state index contributed by atoms with van der Waals surface area (Å²) in [4.78, 5) is 11.0. The molecule has 0 aliphatic heterocycles. The van der Waals surface area contributed by atoms with Crippen LogP contribution in [0.3, 0.4) is 0 Å². The van der Waals surface area contributed by atoms with Crippen LogP contribution in [0.2, 0.25) is 0 Å². The summed E-state index contributed by atoms with van der Waals surface area (Å²) < 4.78 is 31.2. The molecule has 0 amide bonds. The van der Waals surface area contributed by atoms with E-state index in [0.29, 0.717) is 0 Å². The highest BCUT2D eigenvalue weighted by molar-refractivity contribution is 5.69. The Morgan fingerprint density at radius 3 is 2.44 bits per heavy atom. The minimum Gasteiger partial charge on any atom is -0.466 e. The molecule has 1 rings (SSSR count). The van der Waals surface area contributed by atoms with Crippen molar-refractivity contribution in [2.24, 2.45) is 0 Å². The van der Waals surface area contributed by atoms with Crippen molar-refractivity contribution in [3.63, 3.8) is 0 Å². The van der Waals surface area contributed by atoms with Crippen LogP contribution < -0.4 is 5.73 Å². The van der Waals surface area contributed by atoms with Crippen LogP contribution in [0.1, 0.15) is 18.9 Å². The Morgan fingerprint density at radius 2 is 1.94 bits per heavy atom. The van der Waals surface area contributed by atoms with Gasteiger partial charge in [-0.05, 0) is 25.5 Å². The van der Waals surface area contributed by atoms with Gasteiger partial charge in [-0.25, -0.2) is 8.78 Å². The van der Waals surface area contributed by atoms with Crippen molar-refractivity contribution in [2.75, 3.05) is 12.3 Å². The van der Waals surface area contributed by atoms with E-state index in [2.05, 4.69) is 4.74 Å². The predicted molar refractivity (Wildman–Crippen MR) is 55.7 cm³/mol. The SMILES string of the molecule is CCOC(=O)CCc1c(F)cc(N)cc1F. The second-order valence-corrected chi connectivity index (χ2v) is 3.27. The molecule has 0 fully saturated rings. The van der Waals surface area contributed by atoms with Gasteiger partial charge in [-0.2, -0.15) is 0 Å². The van der Waals surface area contributed by atoms with Crippen LogP contribution in [0.5, 0.6) is 0 Å². The molecule has 0 radical (unpaired) electrons. The van der Waals surface area contributed by atoms with Crippen LogP contribution in [-0.4, -0.2) is 12.6 Å². The third kappa shape index (κ3) is 3.18. The molecule has 0 spiro atoms. The van der Waals surface area contributed by atoms with Gasteiger partial charge in [-0.1, -0.05) is 0 Å². The minimum absolute atomic E-state index is 0.0230. The third-order valence-corrected chi connectivity index (χ3v) is 2.05. The molecule has 0 aliphatic carbocycles. The third-order valence-electron chi connectivity index (χ3n) is 2.05. The van der Waals surface area contributed by atoms with Crippen molar-refractivity contribution in [3.8, 4) is 0 Å². The molecule has 88 valence electrons. The first-order chi connectivity index (χ1) is 7.54. The Kier molecular flexibility index (Phi) is 4.22. The van der Waals surface area contributed by atoms with Gasteiger partial charge in [0.2, 0.25) is 0 Å². The van der Waals surface area contributed by atoms with Crippen LogP contribution in [0, 0.1) is 11.6 Å². The lowest BCUT2D eigenvalue weighted by Crippen LogP contribution is -2.07. The number of carbonyl (C=O) groups is 1. The van der Waals surface area contributed by atoms with Gasteiger partial charge >= 0.3 is 5.97 Å². The van der Waals surface area contributed by atoms with Crippen LogP contribution in [0.25, 0.3) is 0 Å². The number of halogens is 2. The van der Waals surface area contributed by atoms with Gasteiger partial charge in [0.15, 0.2) is 0 Å². The molecule has 1 aromatic carbocycles. The number of carbonyl (C=O) groups excluding carboxylic acids is 1. The molecule has 0 aromatic heterocycles. The highest BCUT2D eigenvalue weighted by atomic mass is 19.1. The smallest absolute Gasteiger partial charge is 0.306 e. The first kappa shape index (κ1) is 12.4. The van der Waals surface area contributed by atoms with Gasteiger partial charge in [0.05, 0.1) is 6.61 Å². The lowest BCUT2D eigenvalue weighted by atomic mass is 10.1. The van der Waals surface area contributed by atoms with Crippen LogP contribution >= 0.6 is 0 Å². The molecule has 3 nitrogen and oxygen atoms in total. The summed E-state index contributed by atoms with van der Waals surface area (Å²) in [7, 11) is 0. The monoisotopic (exact) mass is 229 g/mol. The van der Waals surface area contributed by atoms with Gasteiger partial charge in [0.25, 0.3) is 0 Å². The number of nitrogens with two attached hydrogens (primary N) is 1. The lowest BCUT2D eigenvalue weighted by molar-refractivity contribution is -0.143. The summed E-state index contributed by atoms with van der Waals surface area (Å²) in [5.74, 6) is -1.94. The molecule has 16 heavy (non-hydrogen) atoms. The summed E-state index contributed by atoms with van der Waals surface area (Å²) in [5, 5.41) is 0. The standard InChI is InChI=1S/C11H13F2NO2/c1-2-16-11(15)4-3-8-9(12)5-7(14)6-10(8)13/h5-6H,2-4,14H2,1H3. The summed E-state index contributed by atoms with van der Waals surface area (Å²) in [5.41, 5.74) is 5.15. The molecule has 0 saturated carbocycles. The molecule has 0 unspecified atom stereocenters. The van der Waals surface area contributed by atoms with E-state index < -0.39 is 17.6 Å². The topological polar surface area (TPSA) is 52.3 Å². The fourth-order valence-corrected chi connectivity index (χ4v) is 1.32. The van der Waals surface area contributed by atoms with E-state index in [0.717, 1.165) is 12.1 Å². The number of esters is 1. The van der Waals surface area contributed by atoms with E-state index in [1.807, 2.05) is 0 Å². The van der Waals surface area contributed by atoms with Crippen molar-refractivity contribution >= 4 is 11.7 Å². The number of benzene rings is 1. The first-order valence-electron chi connectivity index (χ1n) is 4.93. The molecule has 0 heterocycles. The highest BCUT2D eigenvalue weighted by Crippen LogP contribution is 2.18. The van der Waals surface area contributed by atoms with E-state index in [4.69, 9.17) is 5.73 Å². The molecule has 0 bridgehead atoms. The van der Waals surface area contributed by atoms with Crippen molar-refractivity contribution in [1.82, 2.24) is 0 Å². The average molecular weight is 229 g/mol. The zero-order chi connectivity index (χ0) is 12.1. The molecule has 0 atom stereocenters. The zero-order valence-corrected chi connectivity index (χ0v) is 8.93. The fraction of sp³-hybridized carbons (Fsp3) is 0.364. The molecule has 1 aromatic rings. The maximum absolute atomic E-state index is 13.3. The highest BCUT2D eigenvalue weighted by Gasteiger charge is 2.12. The summed E-state index contributed by atoms with van der Waals surface area (Å²) >= 11 is 0. The predicted octanol–water partition coefficient (Wildman–Crippen LogP) is 2.04. The van der Waals surface area contributed by atoms with Gasteiger partial charge in [0.1, 0.15) is 11.6 Å². The van der Waals surface area contributed by atoms with Crippen molar-refractivity contribution in [1.29, 1.82) is 0 Å². The molecular formula is C11H13F2NO2. The van der Waals surface area contributed by atoms with Crippen molar-refractivity contribution < 1.29 is 18.3 Å². The summed E-state index contributed by atoms with van der Waals surface area (Å²) in [6.45, 7) is 1.92. The van der Waals surface area contributed by atoms with Crippen LogP contribution in [0.4, 0.5) is 14.5 Å². The summed E-state index contributed by atoms with van der Waals surface area (Å²) in [6, 6.07) is 2.06. The molecule has 0 aliphatic rings. The number of rotatable bonds is 4. The van der Waals surface area contributed by atoms with Crippen LogP contribution in [-0.2, 0) is 16.0 Å². The Morgan fingerprint density at radius 1 is 1.38 bits per heavy atom. The fourth-order valence-electron chi connectivity index (χ4n) is 1.32. The Balaban J connectivity index is 2.70. The largest absolute Gasteiger partial charge is 0.466 e. The van der Waals surface area contributed by atoms with E-state index in [1.54, 1.807) is 6.92 Å². The Bertz CT molecular complexity index is 371. The van der Waals surface area contributed by atoms with Crippen molar-refractivity contribution in [2.45, 2.75) is 19.8 Å². The average Bonchev–Trinajstić information content (AvgIpc) is 2.16. The number of hydrogen-bond acceptors (Lipinski definition) is 3. The molecule has 2 N–H and O–H groups in total. The first-order valence-corrected chi connectivity index (χ1v) is 4.93. The number of hydrogen-bond donors (Lipinski definition) is 1. The van der Waals surface area contributed by atoms with E-state index in [9.17, 15) is 13.6 Å². The number of ether oxygens (including phenoxy) is 1. The van der Waals surface area contributed by atoms with Gasteiger partial charge in [0, 0.05) is 17.7 Å². The maximum atomic E-state index is 13.3. The number of nitrogen functional groups attached to an aromatic ring is 1. The molecular weight excluding hydrogens is 216 g/mol. The molecule has 0 saturated heterocycles. The van der Waals surface area contributed by atoms with E-state index in [-0.39, 0.29) is 30.7 Å². The Hall–Kier alpha value is -1.65. The van der Waals surface area contributed by atoms with Crippen molar-refractivity contribution in [3.05, 3.63) is 29.3 Å². The second kappa shape index (κ2) is 5.44. The summed E-state index contributed by atoms with van der Waals surface area (Å²) in [6.07, 6.45) is -0.0810. The van der Waals surface area contributed by atoms with E-state index >= 15 is 0 Å². The second-order valence-electron chi connectivity index (χ2n) is 3.27. The van der Waals surface area contributed by atoms with Crippen LogP contribution in [0.15, 0.2) is 12.1 Å². The normalized spacial score (nSPS) is 10.2. The quantitative estimate of drug-likeness (QED) is 0.635. The van der Waals surface area contributed by atoms with E-state index in [1.165, 1.54) is 0 Å². The van der Waals surface area contributed by atoms with Gasteiger partial charge < -0.3 is 10.5 Å². The zero-order valence-electron chi connectivity index (χ0n) is 8.93. The number of anilines is 1. The molecule has 5 heteroatoms. The maximum Gasteiger partial charge on any atom is 0.306 e. The lowest BCUT2D eigenvalue weighted by Gasteiger charge is -2.06. The minimum atomic E-state index is -0.734. The van der Waals surface area contributed by atoms with Gasteiger partial charge in [-0.3, -0.25) is 4.79 Å². The van der Waals surface area contributed by atoms with Gasteiger partial charge in [-0.15, -0.1) is 0 Å².